The number of methoxy groups -OCH3 is 2. The number of rotatable bonds is 5. The Balaban J connectivity index is 2.47. The fourth-order valence-electron chi connectivity index (χ4n) is 2.01. The Morgan fingerprint density at radius 1 is 1.00 bits per heavy atom. The Hall–Kier alpha value is -2.42. The molecule has 0 saturated heterocycles. The molecular formula is C17H19NO2. The van der Waals surface area contributed by atoms with Crippen LogP contribution in [-0.2, 0) is 0 Å². The summed E-state index contributed by atoms with van der Waals surface area (Å²) in [5.41, 5.74) is 3.93. The number of benzene rings is 2. The van der Waals surface area contributed by atoms with Crippen LogP contribution in [0.4, 0.5) is 11.4 Å². The third-order valence-corrected chi connectivity index (χ3v) is 3.04. The second-order valence-electron chi connectivity index (χ2n) is 4.52. The molecule has 0 aliphatic carbocycles. The van der Waals surface area contributed by atoms with Crippen molar-refractivity contribution in [1.29, 1.82) is 0 Å². The third kappa shape index (κ3) is 2.94. The van der Waals surface area contributed by atoms with Crippen molar-refractivity contribution < 1.29 is 9.47 Å². The average Bonchev–Trinajstić information content (AvgIpc) is 2.47. The molecule has 0 fully saturated rings. The molecule has 0 amide bonds. The molecule has 3 heteroatoms. The minimum Gasteiger partial charge on any atom is -0.493 e. The number of ether oxygens (including phenoxy) is 2. The number of para-hydroxylation sites is 1. The molecule has 0 radical (unpaired) electrons. The molecule has 0 unspecified atom stereocenters. The summed E-state index contributed by atoms with van der Waals surface area (Å²) < 4.78 is 10.7. The number of allylic oxidation sites excluding steroid dienone is 1. The smallest absolute Gasteiger partial charge is 0.162 e. The lowest BCUT2D eigenvalue weighted by molar-refractivity contribution is 0.355. The SMILES string of the molecule is C=C(C)c1cc(OC)c(OC)cc1Nc1ccccc1. The van der Waals surface area contributed by atoms with Crippen LogP contribution in [0, 0.1) is 0 Å². The lowest BCUT2D eigenvalue weighted by atomic mass is 10.1. The summed E-state index contributed by atoms with van der Waals surface area (Å²) in [7, 11) is 3.26. The summed E-state index contributed by atoms with van der Waals surface area (Å²) in [6.45, 7) is 5.99. The van der Waals surface area contributed by atoms with Gasteiger partial charge in [-0.15, -0.1) is 0 Å². The first-order valence-electron chi connectivity index (χ1n) is 6.39. The van der Waals surface area contributed by atoms with Gasteiger partial charge in [-0.3, -0.25) is 0 Å². The maximum absolute atomic E-state index is 5.35. The molecule has 0 saturated carbocycles. The third-order valence-electron chi connectivity index (χ3n) is 3.04. The number of hydrogen-bond acceptors (Lipinski definition) is 3. The van der Waals surface area contributed by atoms with E-state index in [1.54, 1.807) is 14.2 Å². The Labute approximate surface area is 119 Å². The molecular weight excluding hydrogens is 250 g/mol. The normalized spacial score (nSPS) is 9.95. The fraction of sp³-hybridized carbons (Fsp3) is 0.176. The molecule has 1 N–H and O–H groups in total. The standard InChI is InChI=1S/C17H19NO2/c1-12(2)14-10-16(19-3)17(20-4)11-15(14)18-13-8-6-5-7-9-13/h5-11,18H,1H2,2-4H3. The quantitative estimate of drug-likeness (QED) is 0.868. The highest BCUT2D eigenvalue weighted by Crippen LogP contribution is 2.37. The van der Waals surface area contributed by atoms with Gasteiger partial charge in [-0.25, -0.2) is 0 Å². The predicted octanol–water partition coefficient (Wildman–Crippen LogP) is 4.48. The van der Waals surface area contributed by atoms with Gasteiger partial charge in [-0.1, -0.05) is 24.8 Å². The van der Waals surface area contributed by atoms with Crippen LogP contribution in [-0.4, -0.2) is 14.2 Å². The Bertz CT molecular complexity index is 606. The summed E-state index contributed by atoms with van der Waals surface area (Å²) in [5, 5.41) is 3.38. The maximum Gasteiger partial charge on any atom is 0.162 e. The second kappa shape index (κ2) is 6.15. The zero-order chi connectivity index (χ0) is 14.5. The number of nitrogens with one attached hydrogen (secondary N) is 1. The lowest BCUT2D eigenvalue weighted by Gasteiger charge is -2.16. The molecule has 0 heterocycles. The highest BCUT2D eigenvalue weighted by molar-refractivity contribution is 5.80. The van der Waals surface area contributed by atoms with E-state index >= 15 is 0 Å². The molecule has 0 aliphatic heterocycles. The zero-order valence-electron chi connectivity index (χ0n) is 12.1. The summed E-state index contributed by atoms with van der Waals surface area (Å²) in [6, 6.07) is 13.9. The van der Waals surface area contributed by atoms with Crippen LogP contribution in [0.3, 0.4) is 0 Å². The van der Waals surface area contributed by atoms with Gasteiger partial charge >= 0.3 is 0 Å². The van der Waals surface area contributed by atoms with Crippen molar-refractivity contribution in [2.75, 3.05) is 19.5 Å². The van der Waals surface area contributed by atoms with Crippen LogP contribution in [0.15, 0.2) is 49.0 Å². The minimum atomic E-state index is 0.691. The van der Waals surface area contributed by atoms with Crippen LogP contribution >= 0.6 is 0 Å². The van der Waals surface area contributed by atoms with Crippen molar-refractivity contribution in [3.8, 4) is 11.5 Å². The highest BCUT2D eigenvalue weighted by Gasteiger charge is 2.11. The molecule has 0 atom stereocenters. The molecule has 2 aromatic carbocycles. The molecule has 2 rings (SSSR count). The van der Waals surface area contributed by atoms with Crippen molar-refractivity contribution in [2.45, 2.75) is 6.92 Å². The van der Waals surface area contributed by atoms with Crippen LogP contribution in [0.1, 0.15) is 12.5 Å². The average molecular weight is 269 g/mol. The number of hydrogen-bond donors (Lipinski definition) is 1. The molecule has 3 nitrogen and oxygen atoms in total. The first-order chi connectivity index (χ1) is 9.65. The monoisotopic (exact) mass is 269 g/mol. The van der Waals surface area contributed by atoms with Crippen molar-refractivity contribution in [3.63, 3.8) is 0 Å². The second-order valence-corrected chi connectivity index (χ2v) is 4.52. The van der Waals surface area contributed by atoms with Crippen LogP contribution in [0.25, 0.3) is 5.57 Å². The van der Waals surface area contributed by atoms with Gasteiger partial charge in [0.15, 0.2) is 11.5 Å². The molecule has 104 valence electrons. The summed E-state index contributed by atoms with van der Waals surface area (Å²) in [5.74, 6) is 1.39. The summed E-state index contributed by atoms with van der Waals surface area (Å²) in [4.78, 5) is 0. The van der Waals surface area contributed by atoms with Gasteiger partial charge in [0, 0.05) is 23.0 Å². The molecule has 0 bridgehead atoms. The van der Waals surface area contributed by atoms with E-state index in [0.717, 1.165) is 22.5 Å². The van der Waals surface area contributed by atoms with Crippen LogP contribution in [0.5, 0.6) is 11.5 Å². The molecule has 20 heavy (non-hydrogen) atoms. The van der Waals surface area contributed by atoms with Crippen molar-refractivity contribution in [1.82, 2.24) is 0 Å². The van der Waals surface area contributed by atoms with Gasteiger partial charge in [0.1, 0.15) is 0 Å². The topological polar surface area (TPSA) is 30.5 Å². The first-order valence-corrected chi connectivity index (χ1v) is 6.39. The Kier molecular flexibility index (Phi) is 4.31. The van der Waals surface area contributed by atoms with E-state index in [-0.39, 0.29) is 0 Å². The minimum absolute atomic E-state index is 0.691. The predicted molar refractivity (Wildman–Crippen MR) is 84.0 cm³/mol. The van der Waals surface area contributed by atoms with Gasteiger partial charge in [-0.2, -0.15) is 0 Å². The Morgan fingerprint density at radius 2 is 1.60 bits per heavy atom. The molecule has 0 aliphatic rings. The van der Waals surface area contributed by atoms with E-state index in [1.165, 1.54) is 0 Å². The van der Waals surface area contributed by atoms with Gasteiger partial charge in [0.25, 0.3) is 0 Å². The molecule has 2 aromatic rings. The van der Waals surface area contributed by atoms with E-state index in [2.05, 4.69) is 11.9 Å². The molecule has 0 spiro atoms. The van der Waals surface area contributed by atoms with Crippen LogP contribution in [0.2, 0.25) is 0 Å². The highest BCUT2D eigenvalue weighted by atomic mass is 16.5. The lowest BCUT2D eigenvalue weighted by Crippen LogP contribution is -1.98. The van der Waals surface area contributed by atoms with E-state index in [9.17, 15) is 0 Å². The van der Waals surface area contributed by atoms with Crippen LogP contribution < -0.4 is 14.8 Å². The van der Waals surface area contributed by atoms with Crippen molar-refractivity contribution in [2.24, 2.45) is 0 Å². The van der Waals surface area contributed by atoms with Crippen molar-refractivity contribution in [3.05, 3.63) is 54.6 Å². The first kappa shape index (κ1) is 14.0. The number of anilines is 2. The van der Waals surface area contributed by atoms with Gasteiger partial charge < -0.3 is 14.8 Å². The van der Waals surface area contributed by atoms with Gasteiger partial charge in [-0.05, 0) is 30.7 Å². The fourth-order valence-corrected chi connectivity index (χ4v) is 2.01. The van der Waals surface area contributed by atoms with Gasteiger partial charge in [0.2, 0.25) is 0 Å². The summed E-state index contributed by atoms with van der Waals surface area (Å²) >= 11 is 0. The van der Waals surface area contributed by atoms with E-state index in [1.807, 2.05) is 49.4 Å². The van der Waals surface area contributed by atoms with E-state index < -0.39 is 0 Å². The largest absolute Gasteiger partial charge is 0.493 e. The van der Waals surface area contributed by atoms with E-state index in [4.69, 9.17) is 9.47 Å². The van der Waals surface area contributed by atoms with Crippen molar-refractivity contribution >= 4 is 16.9 Å². The molecule has 0 aromatic heterocycles. The summed E-state index contributed by atoms with van der Waals surface area (Å²) in [6.07, 6.45) is 0. The zero-order valence-corrected chi connectivity index (χ0v) is 12.1. The van der Waals surface area contributed by atoms with Gasteiger partial charge in [0.05, 0.1) is 14.2 Å². The van der Waals surface area contributed by atoms with E-state index in [0.29, 0.717) is 11.5 Å². The maximum atomic E-state index is 5.35. The Morgan fingerprint density at radius 3 is 2.15 bits per heavy atom.